The van der Waals surface area contributed by atoms with Crippen LogP contribution < -0.4 is 5.32 Å². The van der Waals surface area contributed by atoms with Crippen molar-refractivity contribution in [1.29, 1.82) is 0 Å². The highest BCUT2D eigenvalue weighted by Crippen LogP contribution is 1.98. The van der Waals surface area contributed by atoms with Crippen LogP contribution in [0.1, 0.15) is 18.9 Å². The van der Waals surface area contributed by atoms with Crippen LogP contribution in [0.2, 0.25) is 0 Å². The predicted octanol–water partition coefficient (Wildman–Crippen LogP) is 2.19. The van der Waals surface area contributed by atoms with Crippen molar-refractivity contribution in [1.82, 2.24) is 5.32 Å². The van der Waals surface area contributed by atoms with Crippen LogP contribution >= 0.6 is 0 Å². The third-order valence-electron chi connectivity index (χ3n) is 2.00. The van der Waals surface area contributed by atoms with Crippen LogP contribution in [0, 0.1) is 12.3 Å². The largest absolute Gasteiger partial charge is 0.300 e. The van der Waals surface area contributed by atoms with Gasteiger partial charge in [0.25, 0.3) is 0 Å². The van der Waals surface area contributed by atoms with E-state index in [1.165, 1.54) is 5.56 Å². The second-order valence-electron chi connectivity index (χ2n) is 2.99. The average molecular weight is 173 g/mol. The molecule has 1 N–H and O–H groups in total. The van der Waals surface area contributed by atoms with E-state index < -0.39 is 0 Å². The highest BCUT2D eigenvalue weighted by atomic mass is 14.9. The summed E-state index contributed by atoms with van der Waals surface area (Å²) in [5, 5.41) is 3.30. The lowest BCUT2D eigenvalue weighted by Crippen LogP contribution is -2.25. The van der Waals surface area contributed by atoms with E-state index in [1.54, 1.807) is 0 Å². The number of benzene rings is 1. The van der Waals surface area contributed by atoms with Crippen molar-refractivity contribution in [2.45, 2.75) is 25.9 Å². The molecule has 1 unspecified atom stereocenters. The topological polar surface area (TPSA) is 12.0 Å². The molecule has 13 heavy (non-hydrogen) atoms. The van der Waals surface area contributed by atoms with Crippen molar-refractivity contribution < 1.29 is 0 Å². The Balaban J connectivity index is 2.40. The monoisotopic (exact) mass is 173 g/mol. The summed E-state index contributed by atoms with van der Waals surface area (Å²) in [6, 6.07) is 10.5. The van der Waals surface area contributed by atoms with Crippen molar-refractivity contribution in [3.8, 4) is 12.3 Å². The second-order valence-corrected chi connectivity index (χ2v) is 2.99. The molecular weight excluding hydrogens is 158 g/mol. The van der Waals surface area contributed by atoms with Gasteiger partial charge in [-0.05, 0) is 12.0 Å². The van der Waals surface area contributed by atoms with Gasteiger partial charge in [-0.1, -0.05) is 43.2 Å². The van der Waals surface area contributed by atoms with Crippen LogP contribution in [0.25, 0.3) is 0 Å². The Labute approximate surface area is 80.2 Å². The van der Waals surface area contributed by atoms with E-state index in [-0.39, 0.29) is 6.04 Å². The molecule has 0 amide bonds. The lowest BCUT2D eigenvalue weighted by molar-refractivity contribution is 0.592. The molecule has 0 spiro atoms. The number of rotatable bonds is 4. The highest BCUT2D eigenvalue weighted by molar-refractivity contribution is 5.14. The Morgan fingerprint density at radius 3 is 2.62 bits per heavy atom. The van der Waals surface area contributed by atoms with Crippen molar-refractivity contribution in [2.75, 3.05) is 0 Å². The van der Waals surface area contributed by atoms with Gasteiger partial charge in [-0.3, -0.25) is 5.32 Å². The van der Waals surface area contributed by atoms with Gasteiger partial charge in [0.15, 0.2) is 0 Å². The van der Waals surface area contributed by atoms with Gasteiger partial charge >= 0.3 is 0 Å². The summed E-state index contributed by atoms with van der Waals surface area (Å²) in [7, 11) is 0. The van der Waals surface area contributed by atoms with E-state index in [2.05, 4.69) is 30.3 Å². The average Bonchev–Trinajstić information content (AvgIpc) is 2.21. The lowest BCUT2D eigenvalue weighted by atomic mass is 10.2. The van der Waals surface area contributed by atoms with Gasteiger partial charge < -0.3 is 0 Å². The summed E-state index contributed by atoms with van der Waals surface area (Å²) in [6.45, 7) is 2.94. The SMILES string of the molecule is C#CC(CC)NCc1ccccc1. The molecule has 1 aromatic rings. The molecule has 0 fully saturated rings. The molecule has 0 aliphatic rings. The van der Waals surface area contributed by atoms with Gasteiger partial charge in [-0.2, -0.15) is 0 Å². The molecule has 0 aromatic heterocycles. The molecule has 0 saturated carbocycles. The smallest absolute Gasteiger partial charge is 0.0686 e. The molecule has 1 aromatic carbocycles. The minimum absolute atomic E-state index is 0.195. The third-order valence-corrected chi connectivity index (χ3v) is 2.00. The number of terminal acetylenes is 1. The zero-order valence-electron chi connectivity index (χ0n) is 7.96. The molecule has 68 valence electrons. The summed E-state index contributed by atoms with van der Waals surface area (Å²) in [4.78, 5) is 0. The summed E-state index contributed by atoms with van der Waals surface area (Å²) in [6.07, 6.45) is 6.31. The maximum absolute atomic E-state index is 5.33. The maximum Gasteiger partial charge on any atom is 0.0686 e. The van der Waals surface area contributed by atoms with Gasteiger partial charge in [0, 0.05) is 6.54 Å². The maximum atomic E-state index is 5.33. The molecular formula is C12H15N. The lowest BCUT2D eigenvalue weighted by Gasteiger charge is -2.09. The van der Waals surface area contributed by atoms with Crippen LogP contribution in [0.15, 0.2) is 30.3 Å². The van der Waals surface area contributed by atoms with Crippen LogP contribution in [0.4, 0.5) is 0 Å². The molecule has 0 aliphatic carbocycles. The molecule has 0 heterocycles. The first kappa shape index (κ1) is 9.83. The van der Waals surface area contributed by atoms with Crippen molar-refractivity contribution in [3.05, 3.63) is 35.9 Å². The highest BCUT2D eigenvalue weighted by Gasteiger charge is 1.99. The Morgan fingerprint density at radius 1 is 1.38 bits per heavy atom. The first-order valence-corrected chi connectivity index (χ1v) is 4.60. The van der Waals surface area contributed by atoms with E-state index in [0.29, 0.717) is 0 Å². The Morgan fingerprint density at radius 2 is 2.08 bits per heavy atom. The standard InChI is InChI=1S/C12H15N/c1-3-12(4-2)13-10-11-8-6-5-7-9-11/h1,5-9,12-13H,4,10H2,2H3. The minimum atomic E-state index is 0.195. The van der Waals surface area contributed by atoms with E-state index >= 15 is 0 Å². The molecule has 0 radical (unpaired) electrons. The fourth-order valence-electron chi connectivity index (χ4n) is 1.16. The second kappa shape index (κ2) is 5.40. The quantitative estimate of drug-likeness (QED) is 0.688. The van der Waals surface area contributed by atoms with Crippen molar-refractivity contribution >= 4 is 0 Å². The van der Waals surface area contributed by atoms with Gasteiger partial charge in [-0.25, -0.2) is 0 Å². The zero-order chi connectivity index (χ0) is 9.52. The van der Waals surface area contributed by atoms with E-state index in [0.717, 1.165) is 13.0 Å². The zero-order valence-corrected chi connectivity index (χ0v) is 7.96. The summed E-state index contributed by atoms with van der Waals surface area (Å²) >= 11 is 0. The molecule has 0 bridgehead atoms. The molecule has 0 saturated heterocycles. The van der Waals surface area contributed by atoms with Crippen LogP contribution in [0.3, 0.4) is 0 Å². The molecule has 1 nitrogen and oxygen atoms in total. The summed E-state index contributed by atoms with van der Waals surface area (Å²) in [5.41, 5.74) is 1.27. The van der Waals surface area contributed by atoms with E-state index in [1.807, 2.05) is 18.2 Å². The van der Waals surface area contributed by atoms with Gasteiger partial charge in [0.1, 0.15) is 0 Å². The Hall–Kier alpha value is -1.26. The minimum Gasteiger partial charge on any atom is -0.300 e. The molecule has 0 aliphatic heterocycles. The van der Waals surface area contributed by atoms with E-state index in [4.69, 9.17) is 6.42 Å². The Bertz CT molecular complexity index is 271. The van der Waals surface area contributed by atoms with Crippen molar-refractivity contribution in [3.63, 3.8) is 0 Å². The number of hydrogen-bond acceptors (Lipinski definition) is 1. The normalized spacial score (nSPS) is 12.0. The molecule has 1 heteroatoms. The fourth-order valence-corrected chi connectivity index (χ4v) is 1.16. The van der Waals surface area contributed by atoms with E-state index in [9.17, 15) is 0 Å². The number of nitrogens with one attached hydrogen (secondary N) is 1. The fraction of sp³-hybridized carbons (Fsp3) is 0.333. The van der Waals surface area contributed by atoms with Crippen LogP contribution in [0.5, 0.6) is 0 Å². The first-order valence-electron chi connectivity index (χ1n) is 4.60. The van der Waals surface area contributed by atoms with Gasteiger partial charge in [-0.15, -0.1) is 6.42 Å². The van der Waals surface area contributed by atoms with Gasteiger partial charge in [0.05, 0.1) is 6.04 Å². The molecule has 1 atom stereocenters. The predicted molar refractivity (Wildman–Crippen MR) is 56.2 cm³/mol. The van der Waals surface area contributed by atoms with Crippen LogP contribution in [-0.4, -0.2) is 6.04 Å². The molecule has 1 rings (SSSR count). The first-order chi connectivity index (χ1) is 6.36. The Kier molecular flexibility index (Phi) is 4.08. The van der Waals surface area contributed by atoms with Gasteiger partial charge in [0.2, 0.25) is 0 Å². The third kappa shape index (κ3) is 3.31. The van der Waals surface area contributed by atoms with Crippen molar-refractivity contribution in [2.24, 2.45) is 0 Å². The number of hydrogen-bond donors (Lipinski definition) is 1. The summed E-state index contributed by atoms with van der Waals surface area (Å²) < 4.78 is 0. The van der Waals surface area contributed by atoms with Crippen LogP contribution in [-0.2, 0) is 6.54 Å². The summed E-state index contributed by atoms with van der Waals surface area (Å²) in [5.74, 6) is 2.71.